The lowest BCUT2D eigenvalue weighted by Gasteiger charge is -2.29. The average Bonchev–Trinajstić information content (AvgIpc) is 3.61. The van der Waals surface area contributed by atoms with E-state index in [1.54, 1.807) is 17.5 Å². The molecule has 33 heavy (non-hydrogen) atoms. The second-order valence-corrected chi connectivity index (χ2v) is 9.55. The molecule has 7 heteroatoms. The van der Waals surface area contributed by atoms with Gasteiger partial charge in [-0.2, -0.15) is 5.10 Å². The molecule has 6 rings (SSSR count). The number of anilines is 1. The first-order valence-corrected chi connectivity index (χ1v) is 11.9. The quantitative estimate of drug-likeness (QED) is 0.378. The molecule has 0 amide bonds. The smallest absolute Gasteiger partial charge is 0.185 e. The van der Waals surface area contributed by atoms with Crippen LogP contribution in [0.25, 0.3) is 11.4 Å². The molecule has 0 aliphatic carbocycles. The van der Waals surface area contributed by atoms with Crippen molar-refractivity contribution in [2.45, 2.75) is 26.3 Å². The van der Waals surface area contributed by atoms with Gasteiger partial charge in [-0.1, -0.05) is 18.2 Å². The Morgan fingerprint density at radius 3 is 2.82 bits per heavy atom. The summed E-state index contributed by atoms with van der Waals surface area (Å²) in [5, 5.41) is 5.44. The van der Waals surface area contributed by atoms with Crippen molar-refractivity contribution in [3.05, 3.63) is 107 Å². The Morgan fingerprint density at radius 2 is 1.97 bits per heavy atom. The largest absolute Gasteiger partial charge is 0.343 e. The van der Waals surface area contributed by atoms with E-state index in [0.29, 0.717) is 0 Å². The van der Waals surface area contributed by atoms with Crippen LogP contribution in [0.3, 0.4) is 0 Å². The second kappa shape index (κ2) is 8.33. The fourth-order valence-corrected chi connectivity index (χ4v) is 5.36. The topological polar surface area (TPSA) is 51.8 Å². The van der Waals surface area contributed by atoms with Crippen LogP contribution in [0.5, 0.6) is 0 Å². The minimum absolute atomic E-state index is 0.876. The summed E-state index contributed by atoms with van der Waals surface area (Å²) >= 11 is 1.79. The minimum Gasteiger partial charge on any atom is -0.343 e. The Balaban J connectivity index is 1.19. The molecule has 1 aliphatic rings. The van der Waals surface area contributed by atoms with Gasteiger partial charge in [0.15, 0.2) is 5.13 Å². The summed E-state index contributed by atoms with van der Waals surface area (Å²) in [7, 11) is 0. The predicted molar refractivity (Wildman–Crippen MR) is 132 cm³/mol. The molecule has 0 bridgehead atoms. The number of hydrogen-bond donors (Lipinski definition) is 0. The molecule has 0 atom stereocenters. The summed E-state index contributed by atoms with van der Waals surface area (Å²) in [6.45, 7) is 3.90. The van der Waals surface area contributed by atoms with Gasteiger partial charge in [0, 0.05) is 54.9 Å². The van der Waals surface area contributed by atoms with Gasteiger partial charge in [-0.05, 0) is 60.4 Å². The summed E-state index contributed by atoms with van der Waals surface area (Å²) in [6, 6.07) is 17.2. The van der Waals surface area contributed by atoms with E-state index in [9.17, 15) is 0 Å². The Hall–Kier alpha value is -3.71. The third-order valence-electron chi connectivity index (χ3n) is 6.08. The van der Waals surface area contributed by atoms with Gasteiger partial charge in [0.2, 0.25) is 0 Å². The van der Waals surface area contributed by atoms with Gasteiger partial charge in [-0.3, -0.25) is 0 Å². The van der Waals surface area contributed by atoms with Crippen molar-refractivity contribution in [1.82, 2.24) is 24.3 Å². The molecule has 0 saturated heterocycles. The van der Waals surface area contributed by atoms with Crippen LogP contribution in [0.4, 0.5) is 5.13 Å². The molecule has 0 radical (unpaired) electrons. The molecule has 4 heterocycles. The van der Waals surface area contributed by atoms with Crippen molar-refractivity contribution in [3.63, 3.8) is 0 Å². The van der Waals surface area contributed by atoms with Crippen LogP contribution in [0.2, 0.25) is 0 Å². The third kappa shape index (κ3) is 4.07. The summed E-state index contributed by atoms with van der Waals surface area (Å²) in [4.78, 5) is 12.8. The Bertz CT molecular complexity index is 1400. The van der Waals surface area contributed by atoms with Gasteiger partial charge in [0.25, 0.3) is 0 Å². The van der Waals surface area contributed by atoms with E-state index < -0.39 is 0 Å². The van der Waals surface area contributed by atoms with Crippen molar-refractivity contribution in [1.29, 1.82) is 0 Å². The maximum atomic E-state index is 4.78. The van der Waals surface area contributed by atoms with Crippen LogP contribution in [0.15, 0.2) is 79.6 Å². The summed E-state index contributed by atoms with van der Waals surface area (Å²) in [5.41, 5.74) is 7.34. The predicted octanol–water partition coefficient (Wildman–Crippen LogP) is 4.98. The van der Waals surface area contributed by atoms with E-state index in [2.05, 4.69) is 68.2 Å². The highest BCUT2D eigenvalue weighted by atomic mass is 32.1. The molecule has 6 nitrogen and oxygen atoms in total. The summed E-state index contributed by atoms with van der Waals surface area (Å²) < 4.78 is 3.99. The molecule has 1 aliphatic heterocycles. The second-order valence-electron chi connectivity index (χ2n) is 8.45. The molecular formula is C26H24N6S. The number of aromatic nitrogens is 5. The van der Waals surface area contributed by atoms with Gasteiger partial charge in [0.1, 0.15) is 0 Å². The van der Waals surface area contributed by atoms with Crippen LogP contribution in [0.1, 0.15) is 27.3 Å². The maximum absolute atomic E-state index is 4.78. The Kier molecular flexibility index (Phi) is 5.03. The SMILES string of the molecule is Cc1cn(-c2ccc3c(c2)CN(c2ncc(Cc4cccc(-n5cccn5)c4)s2)CC3)cn1. The fourth-order valence-electron chi connectivity index (χ4n) is 4.39. The van der Waals surface area contributed by atoms with Gasteiger partial charge >= 0.3 is 0 Å². The number of rotatable bonds is 5. The van der Waals surface area contributed by atoms with Crippen molar-refractivity contribution < 1.29 is 0 Å². The molecule has 0 spiro atoms. The summed E-state index contributed by atoms with van der Waals surface area (Å²) in [5.74, 6) is 0. The molecule has 0 N–H and O–H groups in total. The lowest BCUT2D eigenvalue weighted by Crippen LogP contribution is -2.30. The average molecular weight is 453 g/mol. The van der Waals surface area contributed by atoms with Gasteiger partial charge in [-0.15, -0.1) is 11.3 Å². The van der Waals surface area contributed by atoms with Crippen LogP contribution >= 0.6 is 11.3 Å². The number of thiazole rings is 1. The third-order valence-corrected chi connectivity index (χ3v) is 7.14. The lowest BCUT2D eigenvalue weighted by molar-refractivity contribution is 0.727. The van der Waals surface area contributed by atoms with Gasteiger partial charge in [0.05, 0.1) is 17.7 Å². The molecular weight excluding hydrogens is 428 g/mol. The van der Waals surface area contributed by atoms with Crippen molar-refractivity contribution in [3.8, 4) is 11.4 Å². The first-order chi connectivity index (χ1) is 16.2. The zero-order valence-electron chi connectivity index (χ0n) is 18.4. The highest BCUT2D eigenvalue weighted by Gasteiger charge is 2.20. The highest BCUT2D eigenvalue weighted by molar-refractivity contribution is 7.15. The Morgan fingerprint density at radius 1 is 1.00 bits per heavy atom. The van der Waals surface area contributed by atoms with Crippen molar-refractivity contribution >= 4 is 16.5 Å². The van der Waals surface area contributed by atoms with E-state index in [4.69, 9.17) is 4.98 Å². The number of fused-ring (bicyclic) bond motifs is 1. The van der Waals surface area contributed by atoms with E-state index in [-0.39, 0.29) is 0 Å². The molecule has 2 aromatic carbocycles. The minimum atomic E-state index is 0.876. The normalized spacial score (nSPS) is 13.3. The first kappa shape index (κ1) is 19.9. The number of nitrogens with zero attached hydrogens (tertiary/aromatic N) is 6. The monoisotopic (exact) mass is 452 g/mol. The van der Waals surface area contributed by atoms with E-state index in [1.165, 1.54) is 21.6 Å². The number of benzene rings is 2. The van der Waals surface area contributed by atoms with Gasteiger partial charge < -0.3 is 9.47 Å². The summed E-state index contributed by atoms with van der Waals surface area (Å²) in [6.07, 6.45) is 11.7. The van der Waals surface area contributed by atoms with Crippen molar-refractivity contribution in [2.75, 3.05) is 11.4 Å². The zero-order valence-corrected chi connectivity index (χ0v) is 19.2. The van der Waals surface area contributed by atoms with E-state index in [0.717, 1.165) is 48.1 Å². The molecule has 0 unspecified atom stereocenters. The maximum Gasteiger partial charge on any atom is 0.185 e. The fraction of sp³-hybridized carbons (Fsp3) is 0.192. The van der Waals surface area contributed by atoms with Crippen LogP contribution in [0, 0.1) is 6.92 Å². The highest BCUT2D eigenvalue weighted by Crippen LogP contribution is 2.30. The van der Waals surface area contributed by atoms with Crippen molar-refractivity contribution in [2.24, 2.45) is 0 Å². The standard InChI is InChI=1S/C26H24N6S/c1-19-16-31(18-28-19)23-7-6-21-8-11-30(17-22(21)14-23)26-27-15-25(33-26)13-20-4-2-5-24(12-20)32-10-3-9-29-32/h2-7,9-10,12,14-16,18H,8,11,13,17H2,1H3. The molecule has 5 aromatic rings. The Labute approximate surface area is 196 Å². The van der Waals surface area contributed by atoms with E-state index >= 15 is 0 Å². The number of hydrogen-bond acceptors (Lipinski definition) is 5. The zero-order chi connectivity index (χ0) is 22.2. The van der Waals surface area contributed by atoms with E-state index in [1.807, 2.05) is 36.4 Å². The molecule has 0 saturated carbocycles. The molecule has 0 fully saturated rings. The number of imidazole rings is 1. The van der Waals surface area contributed by atoms with Gasteiger partial charge in [-0.25, -0.2) is 14.6 Å². The lowest BCUT2D eigenvalue weighted by atomic mass is 9.99. The van der Waals surface area contributed by atoms with Crippen LogP contribution in [-0.2, 0) is 19.4 Å². The molecule has 164 valence electrons. The van der Waals surface area contributed by atoms with Crippen LogP contribution < -0.4 is 4.90 Å². The van der Waals surface area contributed by atoms with Crippen LogP contribution in [-0.4, -0.2) is 30.9 Å². The number of aryl methyl sites for hydroxylation is 1. The first-order valence-electron chi connectivity index (χ1n) is 11.1. The molecule has 3 aromatic heterocycles.